The maximum Gasteiger partial charge on any atom is 0.438 e. The standard InChI is InChI=1S/C9H12F6O5S/c1-6(2,3)5(16)20-7(8(10,11)12,9(13,14)15)4-21(17,18)19/h4H2,1-3H3,(H,17,18,19)/p-1. The molecule has 0 aromatic heterocycles. The molecule has 0 unspecified atom stereocenters. The lowest BCUT2D eigenvalue weighted by Gasteiger charge is -2.38. The van der Waals surface area contributed by atoms with Crippen molar-refractivity contribution in [1.29, 1.82) is 0 Å². The van der Waals surface area contributed by atoms with E-state index in [4.69, 9.17) is 0 Å². The normalized spacial score (nSPS) is 15.0. The quantitative estimate of drug-likeness (QED) is 0.444. The fourth-order valence-corrected chi connectivity index (χ4v) is 1.91. The summed E-state index contributed by atoms with van der Waals surface area (Å²) in [6.07, 6.45) is -12.7. The number of ether oxygens (including phenoxy) is 1. The van der Waals surface area contributed by atoms with Crippen LogP contribution in [0.15, 0.2) is 0 Å². The van der Waals surface area contributed by atoms with E-state index in [0.717, 1.165) is 20.8 Å². The molecule has 0 aliphatic heterocycles. The van der Waals surface area contributed by atoms with Crippen molar-refractivity contribution in [2.75, 3.05) is 5.75 Å². The Hall–Kier alpha value is -1.04. The maximum absolute atomic E-state index is 12.7. The van der Waals surface area contributed by atoms with Crippen molar-refractivity contribution >= 4 is 16.1 Å². The van der Waals surface area contributed by atoms with Crippen molar-refractivity contribution < 1.29 is 48.8 Å². The summed E-state index contributed by atoms with van der Waals surface area (Å²) < 4.78 is 111. The number of esters is 1. The van der Waals surface area contributed by atoms with Gasteiger partial charge in [0.15, 0.2) is 0 Å². The summed E-state index contributed by atoms with van der Waals surface area (Å²) in [4.78, 5) is 11.3. The van der Waals surface area contributed by atoms with Crippen LogP contribution < -0.4 is 0 Å². The molecule has 0 rings (SSSR count). The van der Waals surface area contributed by atoms with Gasteiger partial charge in [0, 0.05) is 0 Å². The van der Waals surface area contributed by atoms with E-state index in [2.05, 4.69) is 4.74 Å². The molecule has 0 heterocycles. The number of carbonyl (C=O) groups excluding carboxylic acids is 1. The van der Waals surface area contributed by atoms with Crippen LogP contribution in [0.3, 0.4) is 0 Å². The Morgan fingerprint density at radius 1 is 1.00 bits per heavy atom. The minimum absolute atomic E-state index is 0.957. The molecule has 0 N–H and O–H groups in total. The van der Waals surface area contributed by atoms with E-state index in [1.807, 2.05) is 0 Å². The SMILES string of the molecule is CC(C)(C)C(=O)OC(CS(=O)(=O)[O-])(C(F)(F)F)C(F)(F)F. The number of halogens is 6. The molecule has 0 spiro atoms. The van der Waals surface area contributed by atoms with Crippen molar-refractivity contribution in [3.05, 3.63) is 0 Å². The van der Waals surface area contributed by atoms with Crippen LogP contribution in [0.25, 0.3) is 0 Å². The zero-order chi connectivity index (χ0) is 17.5. The summed E-state index contributed by atoms with van der Waals surface area (Å²) >= 11 is 0. The first-order chi connectivity index (χ1) is 8.83. The predicted octanol–water partition coefficient (Wildman–Crippen LogP) is 1.98. The number of rotatable bonds is 3. The first-order valence-corrected chi connectivity index (χ1v) is 6.72. The molecule has 0 fully saturated rings. The van der Waals surface area contributed by atoms with Gasteiger partial charge in [-0.2, -0.15) is 26.3 Å². The molecule has 21 heavy (non-hydrogen) atoms. The third-order valence-electron chi connectivity index (χ3n) is 2.18. The lowest BCUT2D eigenvalue weighted by Crippen LogP contribution is -2.64. The summed E-state index contributed by atoms with van der Waals surface area (Å²) in [5.41, 5.74) is -7.20. The average Bonchev–Trinajstić information content (AvgIpc) is 2.08. The largest absolute Gasteiger partial charge is 0.748 e. The smallest absolute Gasteiger partial charge is 0.438 e. The van der Waals surface area contributed by atoms with Gasteiger partial charge in [-0.1, -0.05) is 0 Å². The maximum atomic E-state index is 12.7. The Bertz CT molecular complexity index is 484. The highest BCUT2D eigenvalue weighted by Gasteiger charge is 2.75. The van der Waals surface area contributed by atoms with E-state index in [-0.39, 0.29) is 0 Å². The number of carbonyl (C=O) groups is 1. The van der Waals surface area contributed by atoms with E-state index in [1.165, 1.54) is 0 Å². The third-order valence-corrected chi connectivity index (χ3v) is 2.94. The number of hydrogen-bond acceptors (Lipinski definition) is 5. The Morgan fingerprint density at radius 2 is 1.33 bits per heavy atom. The monoisotopic (exact) mass is 345 g/mol. The fourth-order valence-electron chi connectivity index (χ4n) is 1.03. The van der Waals surface area contributed by atoms with Gasteiger partial charge in [-0.25, -0.2) is 8.42 Å². The summed E-state index contributed by atoms with van der Waals surface area (Å²) in [6.45, 7) is 2.87. The minimum Gasteiger partial charge on any atom is -0.748 e. The van der Waals surface area contributed by atoms with Crippen molar-refractivity contribution in [3.63, 3.8) is 0 Å². The van der Waals surface area contributed by atoms with Gasteiger partial charge in [0.25, 0.3) is 0 Å². The fraction of sp³-hybridized carbons (Fsp3) is 0.889. The first kappa shape index (κ1) is 20.0. The van der Waals surface area contributed by atoms with Crippen LogP contribution in [0.1, 0.15) is 20.8 Å². The summed E-state index contributed by atoms with van der Waals surface area (Å²) in [5.74, 6) is -4.95. The zero-order valence-corrected chi connectivity index (χ0v) is 11.7. The van der Waals surface area contributed by atoms with Crippen LogP contribution in [0.2, 0.25) is 0 Å². The second kappa shape index (κ2) is 5.30. The second-order valence-electron chi connectivity index (χ2n) is 5.16. The number of hydrogen-bond donors (Lipinski definition) is 0. The lowest BCUT2D eigenvalue weighted by atomic mass is 9.96. The van der Waals surface area contributed by atoms with Crippen LogP contribution in [0, 0.1) is 5.41 Å². The molecular weight excluding hydrogens is 334 g/mol. The highest BCUT2D eigenvalue weighted by Crippen LogP contribution is 2.47. The Labute approximate surface area is 116 Å². The molecule has 0 radical (unpaired) electrons. The summed E-state index contributed by atoms with van der Waals surface area (Å²) in [5, 5.41) is 0. The molecule has 0 bridgehead atoms. The predicted molar refractivity (Wildman–Crippen MR) is 55.0 cm³/mol. The van der Waals surface area contributed by atoms with Crippen molar-refractivity contribution in [2.24, 2.45) is 5.41 Å². The molecule has 0 amide bonds. The van der Waals surface area contributed by atoms with Crippen molar-refractivity contribution in [1.82, 2.24) is 0 Å². The highest BCUT2D eigenvalue weighted by atomic mass is 32.2. The Balaban J connectivity index is 6.14. The van der Waals surface area contributed by atoms with Crippen molar-refractivity contribution in [2.45, 2.75) is 38.7 Å². The van der Waals surface area contributed by atoms with Crippen molar-refractivity contribution in [3.8, 4) is 0 Å². The molecule has 0 saturated carbocycles. The second-order valence-corrected chi connectivity index (χ2v) is 6.57. The molecule has 0 aromatic carbocycles. The molecule has 126 valence electrons. The Morgan fingerprint density at radius 3 is 1.52 bits per heavy atom. The van der Waals surface area contributed by atoms with E-state index < -0.39 is 45.2 Å². The van der Waals surface area contributed by atoms with Gasteiger partial charge in [0.2, 0.25) is 0 Å². The van der Waals surface area contributed by atoms with E-state index in [0.29, 0.717) is 0 Å². The van der Waals surface area contributed by atoms with Gasteiger partial charge in [-0.3, -0.25) is 4.79 Å². The van der Waals surface area contributed by atoms with Gasteiger partial charge in [-0.05, 0) is 20.8 Å². The van der Waals surface area contributed by atoms with E-state index in [1.54, 1.807) is 0 Å². The van der Waals surface area contributed by atoms with Crippen LogP contribution >= 0.6 is 0 Å². The lowest BCUT2D eigenvalue weighted by molar-refractivity contribution is -0.363. The van der Waals surface area contributed by atoms with Gasteiger partial charge < -0.3 is 9.29 Å². The molecule has 0 aromatic rings. The van der Waals surface area contributed by atoms with E-state index in [9.17, 15) is 44.1 Å². The van der Waals surface area contributed by atoms with Gasteiger partial charge in [0.1, 0.15) is 0 Å². The number of alkyl halides is 6. The third kappa shape index (κ3) is 4.73. The van der Waals surface area contributed by atoms with Crippen LogP contribution in [-0.4, -0.2) is 42.6 Å². The van der Waals surface area contributed by atoms with Gasteiger partial charge in [-0.15, -0.1) is 0 Å². The Kier molecular flexibility index (Phi) is 5.04. The van der Waals surface area contributed by atoms with E-state index >= 15 is 0 Å². The molecular formula is C9H11F6O5S-. The average molecular weight is 345 g/mol. The highest BCUT2D eigenvalue weighted by molar-refractivity contribution is 7.85. The molecule has 5 nitrogen and oxygen atoms in total. The molecule has 12 heteroatoms. The minimum atomic E-state index is -6.34. The molecule has 0 aliphatic rings. The van der Waals surface area contributed by atoms with Crippen LogP contribution in [-0.2, 0) is 19.6 Å². The van der Waals surface area contributed by atoms with Gasteiger partial charge in [0.05, 0.1) is 21.3 Å². The summed E-state index contributed by atoms with van der Waals surface area (Å²) in [7, 11) is -6.01. The molecule has 0 saturated heterocycles. The molecule has 0 aliphatic carbocycles. The first-order valence-electron chi connectivity index (χ1n) is 5.14. The van der Waals surface area contributed by atoms with Crippen LogP contribution in [0.4, 0.5) is 26.3 Å². The summed E-state index contributed by atoms with van der Waals surface area (Å²) in [6, 6.07) is 0. The van der Waals surface area contributed by atoms with Gasteiger partial charge >= 0.3 is 23.9 Å². The zero-order valence-electron chi connectivity index (χ0n) is 10.9. The molecule has 0 atom stereocenters. The van der Waals surface area contributed by atoms with Crippen LogP contribution in [0.5, 0.6) is 0 Å². The topological polar surface area (TPSA) is 83.5 Å².